The molecule has 0 unspecified atom stereocenters. The normalized spacial score (nSPS) is 15.7. The van der Waals surface area contributed by atoms with E-state index in [0.717, 1.165) is 24.2 Å². The van der Waals surface area contributed by atoms with E-state index in [4.69, 9.17) is 4.74 Å². The number of aromatic nitrogens is 3. The van der Waals surface area contributed by atoms with Gasteiger partial charge in [-0.05, 0) is 12.5 Å². The van der Waals surface area contributed by atoms with Gasteiger partial charge in [-0.15, -0.1) is 10.2 Å². The Balaban J connectivity index is 1.88. The first-order valence-electron chi connectivity index (χ1n) is 8.74. The molecule has 0 aliphatic carbocycles. The Bertz CT molecular complexity index is 728. The second-order valence-electron chi connectivity index (χ2n) is 6.45. The van der Waals surface area contributed by atoms with Crippen LogP contribution in [0.15, 0.2) is 35.5 Å². The summed E-state index contributed by atoms with van der Waals surface area (Å²) in [6.45, 7) is 5.55. The van der Waals surface area contributed by atoms with Gasteiger partial charge in [0.25, 0.3) is 0 Å². The van der Waals surface area contributed by atoms with Crippen molar-refractivity contribution in [2.45, 2.75) is 23.9 Å². The number of amides is 1. The van der Waals surface area contributed by atoms with Crippen LogP contribution >= 0.6 is 11.8 Å². The van der Waals surface area contributed by atoms with Crippen molar-refractivity contribution in [1.82, 2.24) is 19.7 Å². The van der Waals surface area contributed by atoms with E-state index in [9.17, 15) is 4.79 Å². The Morgan fingerprint density at radius 3 is 2.58 bits per heavy atom. The number of rotatable bonds is 6. The van der Waals surface area contributed by atoms with Gasteiger partial charge in [0.1, 0.15) is 0 Å². The molecular weight excluding hydrogens is 350 g/mol. The molecule has 26 heavy (non-hydrogen) atoms. The van der Waals surface area contributed by atoms with Gasteiger partial charge in [-0.25, -0.2) is 0 Å². The van der Waals surface area contributed by atoms with E-state index < -0.39 is 0 Å². The number of ether oxygens (including phenoxy) is 1. The van der Waals surface area contributed by atoms with Gasteiger partial charge in [0.2, 0.25) is 11.9 Å². The number of thioether (sulfide) groups is 1. The molecule has 1 atom stereocenters. The van der Waals surface area contributed by atoms with Crippen LogP contribution in [-0.2, 0) is 16.1 Å². The Labute approximate surface area is 158 Å². The van der Waals surface area contributed by atoms with E-state index in [-0.39, 0.29) is 11.2 Å². The quantitative estimate of drug-likeness (QED) is 0.717. The summed E-state index contributed by atoms with van der Waals surface area (Å²) in [5.41, 5.74) is 1.18. The van der Waals surface area contributed by atoms with Crippen molar-refractivity contribution in [1.29, 1.82) is 0 Å². The molecule has 7 nitrogen and oxygen atoms in total. The summed E-state index contributed by atoms with van der Waals surface area (Å²) in [6, 6.07) is 10.2. The maximum atomic E-state index is 12.2. The van der Waals surface area contributed by atoms with E-state index >= 15 is 0 Å². The Morgan fingerprint density at radius 1 is 1.23 bits per heavy atom. The average Bonchev–Trinajstić information content (AvgIpc) is 3.04. The van der Waals surface area contributed by atoms with Gasteiger partial charge in [-0.1, -0.05) is 42.1 Å². The minimum Gasteiger partial charge on any atom is -0.378 e. The molecule has 1 fully saturated rings. The average molecular weight is 375 g/mol. The third kappa shape index (κ3) is 4.37. The first-order chi connectivity index (χ1) is 12.6. The van der Waals surface area contributed by atoms with E-state index in [2.05, 4.69) is 31.8 Å². The second-order valence-corrected chi connectivity index (χ2v) is 7.75. The van der Waals surface area contributed by atoms with Crippen LogP contribution in [0.1, 0.15) is 12.5 Å². The summed E-state index contributed by atoms with van der Waals surface area (Å²) in [4.78, 5) is 16.1. The molecule has 3 rings (SSSR count). The lowest BCUT2D eigenvalue weighted by Crippen LogP contribution is -2.38. The summed E-state index contributed by atoms with van der Waals surface area (Å²) >= 11 is 1.45. The third-order valence-electron chi connectivity index (χ3n) is 4.25. The Hall–Kier alpha value is -2.06. The lowest BCUT2D eigenvalue weighted by molar-refractivity contribution is -0.127. The van der Waals surface area contributed by atoms with Crippen LogP contribution in [0.4, 0.5) is 5.95 Å². The smallest absolute Gasteiger partial charge is 0.235 e. The zero-order chi connectivity index (χ0) is 18.5. The SMILES string of the molecule is C[C@H](Sc1nnc(N2CCOCC2)n1Cc1ccccc1)C(=O)N(C)C. The standard InChI is InChI=1S/C18H25N5O2S/c1-14(16(24)21(2)3)26-18-20-19-17(22-9-11-25-12-10-22)23(18)13-15-7-5-4-6-8-15/h4-8,14H,9-13H2,1-3H3/t14-/m0/s1. The van der Waals surface area contributed by atoms with E-state index in [0.29, 0.717) is 19.8 Å². The van der Waals surface area contributed by atoms with Crippen LogP contribution in [0.25, 0.3) is 0 Å². The number of hydrogen-bond donors (Lipinski definition) is 0. The molecule has 0 spiro atoms. The van der Waals surface area contributed by atoms with Gasteiger partial charge in [0.05, 0.1) is 25.0 Å². The van der Waals surface area contributed by atoms with Crippen molar-refractivity contribution in [2.75, 3.05) is 45.3 Å². The van der Waals surface area contributed by atoms with Crippen molar-refractivity contribution in [3.63, 3.8) is 0 Å². The first-order valence-corrected chi connectivity index (χ1v) is 9.62. The highest BCUT2D eigenvalue weighted by Crippen LogP contribution is 2.27. The predicted octanol–water partition coefficient (Wildman–Crippen LogP) is 1.73. The molecule has 0 bridgehead atoms. The summed E-state index contributed by atoms with van der Waals surface area (Å²) < 4.78 is 7.56. The summed E-state index contributed by atoms with van der Waals surface area (Å²) in [5, 5.41) is 9.36. The summed E-state index contributed by atoms with van der Waals surface area (Å²) in [5.74, 6) is 0.904. The molecule has 140 valence electrons. The number of nitrogens with zero attached hydrogens (tertiary/aromatic N) is 5. The molecule has 1 aliphatic rings. The number of anilines is 1. The van der Waals surface area contributed by atoms with Crippen molar-refractivity contribution in [3.05, 3.63) is 35.9 Å². The molecule has 1 aromatic heterocycles. The molecule has 0 radical (unpaired) electrons. The Morgan fingerprint density at radius 2 is 1.92 bits per heavy atom. The maximum absolute atomic E-state index is 12.2. The van der Waals surface area contributed by atoms with Gasteiger partial charge in [0, 0.05) is 27.2 Å². The lowest BCUT2D eigenvalue weighted by atomic mass is 10.2. The lowest BCUT2D eigenvalue weighted by Gasteiger charge is -2.28. The second kappa shape index (κ2) is 8.55. The summed E-state index contributed by atoms with van der Waals surface area (Å²) in [6.07, 6.45) is 0. The van der Waals surface area contributed by atoms with Crippen molar-refractivity contribution in [2.24, 2.45) is 0 Å². The maximum Gasteiger partial charge on any atom is 0.235 e. The van der Waals surface area contributed by atoms with E-state index in [1.165, 1.54) is 17.3 Å². The molecule has 1 aliphatic heterocycles. The minimum absolute atomic E-state index is 0.0668. The fourth-order valence-electron chi connectivity index (χ4n) is 2.84. The molecule has 0 N–H and O–H groups in total. The van der Waals surface area contributed by atoms with Gasteiger partial charge in [0.15, 0.2) is 5.16 Å². The fourth-order valence-corrected chi connectivity index (χ4v) is 3.83. The third-order valence-corrected chi connectivity index (χ3v) is 5.31. The van der Waals surface area contributed by atoms with Gasteiger partial charge in [-0.2, -0.15) is 0 Å². The molecule has 1 saturated heterocycles. The van der Waals surface area contributed by atoms with Crippen LogP contribution in [0.3, 0.4) is 0 Å². The number of morpholine rings is 1. The predicted molar refractivity (Wildman–Crippen MR) is 103 cm³/mol. The number of carbonyl (C=O) groups excluding carboxylic acids is 1. The van der Waals surface area contributed by atoms with Crippen molar-refractivity contribution < 1.29 is 9.53 Å². The van der Waals surface area contributed by atoms with Crippen molar-refractivity contribution in [3.8, 4) is 0 Å². The number of carbonyl (C=O) groups is 1. The van der Waals surface area contributed by atoms with Crippen LogP contribution in [-0.4, -0.2) is 71.2 Å². The van der Waals surface area contributed by atoms with Crippen LogP contribution < -0.4 is 4.90 Å². The number of hydrogen-bond acceptors (Lipinski definition) is 6. The van der Waals surface area contributed by atoms with Gasteiger partial charge in [-0.3, -0.25) is 9.36 Å². The van der Waals surface area contributed by atoms with Crippen LogP contribution in [0, 0.1) is 0 Å². The molecule has 8 heteroatoms. The van der Waals surface area contributed by atoms with Crippen LogP contribution in [0.2, 0.25) is 0 Å². The van der Waals surface area contributed by atoms with Gasteiger partial charge >= 0.3 is 0 Å². The fraction of sp³-hybridized carbons (Fsp3) is 0.500. The highest BCUT2D eigenvalue weighted by Gasteiger charge is 2.24. The van der Waals surface area contributed by atoms with Gasteiger partial charge < -0.3 is 14.5 Å². The van der Waals surface area contributed by atoms with Crippen LogP contribution in [0.5, 0.6) is 0 Å². The monoisotopic (exact) mass is 375 g/mol. The minimum atomic E-state index is -0.221. The largest absolute Gasteiger partial charge is 0.378 e. The highest BCUT2D eigenvalue weighted by atomic mass is 32.2. The molecule has 1 amide bonds. The molecular formula is C18H25N5O2S. The summed E-state index contributed by atoms with van der Waals surface area (Å²) in [7, 11) is 3.54. The van der Waals surface area contributed by atoms with E-state index in [1.807, 2.05) is 25.1 Å². The zero-order valence-electron chi connectivity index (χ0n) is 15.5. The number of benzene rings is 1. The molecule has 0 saturated carbocycles. The Kier molecular flexibility index (Phi) is 6.16. The molecule has 1 aromatic carbocycles. The molecule has 2 aromatic rings. The topological polar surface area (TPSA) is 63.5 Å². The molecule has 2 heterocycles. The van der Waals surface area contributed by atoms with Crippen molar-refractivity contribution >= 4 is 23.6 Å². The first kappa shape index (κ1) is 18.7. The zero-order valence-corrected chi connectivity index (χ0v) is 16.3. The van der Waals surface area contributed by atoms with E-state index in [1.54, 1.807) is 19.0 Å². The highest BCUT2D eigenvalue weighted by molar-refractivity contribution is 8.00.